The molecule has 1 aliphatic rings. The highest BCUT2D eigenvalue weighted by molar-refractivity contribution is 9.11. The zero-order chi connectivity index (χ0) is 17.1. The average molecular weight is 404 g/mol. The molecule has 0 aromatic carbocycles. The number of rotatable bonds is 4. The molecule has 0 aliphatic heterocycles. The number of halogens is 1. The molecule has 0 spiro atoms. The molecule has 1 aliphatic carbocycles. The number of carbonyl (C=O) groups excluding carboxylic acids is 1. The molecule has 0 saturated heterocycles. The second-order valence-electron chi connectivity index (χ2n) is 6.35. The molecule has 23 heavy (non-hydrogen) atoms. The molecule has 2 rings (SSSR count). The Hall–Kier alpha value is -1.08. The summed E-state index contributed by atoms with van der Waals surface area (Å²) in [5, 5.41) is 9.45. The van der Waals surface area contributed by atoms with Crippen LogP contribution in [0.15, 0.2) is 9.85 Å². The van der Waals surface area contributed by atoms with Crippen molar-refractivity contribution in [3.8, 4) is 5.75 Å². The van der Waals surface area contributed by atoms with Gasteiger partial charge in [0, 0.05) is 18.0 Å². The summed E-state index contributed by atoms with van der Waals surface area (Å²) in [5.41, 5.74) is 0. The summed E-state index contributed by atoms with van der Waals surface area (Å²) in [6, 6.07) is 1.53. The molecule has 5 nitrogen and oxygen atoms in total. The van der Waals surface area contributed by atoms with Crippen molar-refractivity contribution in [3.05, 3.63) is 9.85 Å². The third-order valence-electron chi connectivity index (χ3n) is 4.18. The molecule has 1 fully saturated rings. The molecule has 128 valence electrons. The summed E-state index contributed by atoms with van der Waals surface area (Å²) in [5.74, 6) is 0.956. The topological polar surface area (TPSA) is 66.8 Å². The van der Waals surface area contributed by atoms with E-state index in [0.717, 1.165) is 29.5 Å². The predicted octanol–water partition coefficient (Wildman–Crippen LogP) is 5.14. The highest BCUT2D eigenvalue weighted by Crippen LogP contribution is 2.43. The fourth-order valence-corrected chi connectivity index (χ4v) is 4.58. The van der Waals surface area contributed by atoms with Crippen LogP contribution in [0.3, 0.4) is 0 Å². The Bertz CT molecular complexity index is 579. The number of carbonyl (C=O) groups is 2. The maximum Gasteiger partial charge on any atom is 0.511 e. The van der Waals surface area contributed by atoms with Crippen molar-refractivity contribution in [2.75, 3.05) is 4.90 Å². The van der Waals surface area contributed by atoms with Gasteiger partial charge in [-0.1, -0.05) is 6.92 Å². The fourth-order valence-electron chi connectivity index (χ4n) is 2.96. The summed E-state index contributed by atoms with van der Waals surface area (Å²) in [4.78, 5) is 25.6. The van der Waals surface area contributed by atoms with Gasteiger partial charge in [-0.05, 0) is 61.4 Å². The van der Waals surface area contributed by atoms with E-state index in [1.54, 1.807) is 11.0 Å². The molecule has 0 bridgehead atoms. The smallest absolute Gasteiger partial charge is 0.449 e. The zero-order valence-electron chi connectivity index (χ0n) is 13.5. The van der Waals surface area contributed by atoms with Gasteiger partial charge in [0.25, 0.3) is 0 Å². The van der Waals surface area contributed by atoms with Crippen LogP contribution in [0.1, 0.15) is 46.5 Å². The van der Waals surface area contributed by atoms with Gasteiger partial charge in [-0.15, -0.1) is 11.3 Å². The van der Waals surface area contributed by atoms with Crippen LogP contribution in [-0.2, 0) is 4.79 Å². The van der Waals surface area contributed by atoms with Crippen LogP contribution in [0.4, 0.5) is 9.80 Å². The van der Waals surface area contributed by atoms with E-state index in [4.69, 9.17) is 9.84 Å². The van der Waals surface area contributed by atoms with Crippen molar-refractivity contribution in [2.24, 2.45) is 11.8 Å². The van der Waals surface area contributed by atoms with Crippen LogP contribution in [-0.4, -0.2) is 23.2 Å². The maximum absolute atomic E-state index is 13.0. The molecule has 1 aromatic heterocycles. The minimum absolute atomic E-state index is 0.00662. The number of hydrogen-bond donors (Lipinski definition) is 1. The molecule has 0 unspecified atom stereocenters. The second kappa shape index (κ2) is 7.66. The Morgan fingerprint density at radius 2 is 1.96 bits per heavy atom. The van der Waals surface area contributed by atoms with E-state index in [1.807, 2.05) is 13.8 Å². The summed E-state index contributed by atoms with van der Waals surface area (Å²) in [6.45, 7) is 6.08. The first kappa shape index (κ1) is 18.3. The van der Waals surface area contributed by atoms with Crippen molar-refractivity contribution < 1.29 is 19.4 Å². The first-order valence-corrected chi connectivity index (χ1v) is 9.43. The van der Waals surface area contributed by atoms with Gasteiger partial charge in [-0.3, -0.25) is 9.69 Å². The van der Waals surface area contributed by atoms with Crippen LogP contribution in [0.25, 0.3) is 0 Å². The summed E-state index contributed by atoms with van der Waals surface area (Å²) < 4.78 is 5.59. The first-order valence-electron chi connectivity index (χ1n) is 7.82. The third kappa shape index (κ3) is 4.47. The van der Waals surface area contributed by atoms with Crippen molar-refractivity contribution >= 4 is 44.3 Å². The van der Waals surface area contributed by atoms with Crippen molar-refractivity contribution in [1.82, 2.24) is 0 Å². The number of nitrogens with zero attached hydrogens (tertiary/aromatic N) is 1. The highest BCUT2D eigenvalue weighted by atomic mass is 79.9. The minimum atomic E-state index is -1.38. The maximum atomic E-state index is 13.0. The Morgan fingerprint density at radius 1 is 1.35 bits per heavy atom. The van der Waals surface area contributed by atoms with E-state index < -0.39 is 6.16 Å². The van der Waals surface area contributed by atoms with Gasteiger partial charge in [0.05, 0.1) is 3.79 Å². The largest absolute Gasteiger partial charge is 0.511 e. The van der Waals surface area contributed by atoms with E-state index in [-0.39, 0.29) is 23.6 Å². The third-order valence-corrected chi connectivity index (χ3v) is 5.80. The van der Waals surface area contributed by atoms with Gasteiger partial charge in [-0.25, -0.2) is 4.79 Å². The Balaban J connectivity index is 2.28. The van der Waals surface area contributed by atoms with Gasteiger partial charge in [0.15, 0.2) is 5.75 Å². The van der Waals surface area contributed by atoms with E-state index in [9.17, 15) is 9.59 Å². The standard InChI is InChI=1S/C16H22BrNO4S/c1-9(2)18(14(19)11-6-4-10(3)5-7-11)15-12(22-16(20)21)8-13(17)23-15/h8-11H,4-7H2,1-3H3,(H,20,21)/t10-,11-. The molecule has 1 heterocycles. The molecule has 1 N–H and O–H groups in total. The molecule has 1 aromatic rings. The van der Waals surface area contributed by atoms with Gasteiger partial charge < -0.3 is 9.84 Å². The van der Waals surface area contributed by atoms with Crippen molar-refractivity contribution in [1.29, 1.82) is 0 Å². The number of amides is 1. The lowest BCUT2D eigenvalue weighted by Gasteiger charge is -2.33. The van der Waals surface area contributed by atoms with Crippen LogP contribution < -0.4 is 9.64 Å². The first-order chi connectivity index (χ1) is 10.8. The SMILES string of the molecule is CC(C)N(c1sc(Br)cc1OC(=O)O)C(=O)[C@H]1CC[C@H](C)CC1. The number of thiophene rings is 1. The Morgan fingerprint density at radius 3 is 2.48 bits per heavy atom. The van der Waals surface area contributed by atoms with E-state index in [0.29, 0.717) is 10.9 Å². The normalized spacial score (nSPS) is 21.3. The molecular weight excluding hydrogens is 382 g/mol. The molecule has 0 radical (unpaired) electrons. The van der Waals surface area contributed by atoms with Crippen LogP contribution in [0.5, 0.6) is 5.75 Å². The Kier molecular flexibility index (Phi) is 6.08. The van der Waals surface area contributed by atoms with Crippen LogP contribution in [0, 0.1) is 11.8 Å². The molecule has 1 amide bonds. The minimum Gasteiger partial charge on any atom is -0.449 e. The number of anilines is 1. The lowest BCUT2D eigenvalue weighted by molar-refractivity contribution is -0.123. The number of hydrogen-bond acceptors (Lipinski definition) is 4. The highest BCUT2D eigenvalue weighted by Gasteiger charge is 2.33. The van der Waals surface area contributed by atoms with E-state index >= 15 is 0 Å². The Labute approximate surface area is 148 Å². The lowest BCUT2D eigenvalue weighted by Crippen LogP contribution is -2.42. The van der Waals surface area contributed by atoms with Gasteiger partial charge in [0.1, 0.15) is 5.00 Å². The fraction of sp³-hybridized carbons (Fsp3) is 0.625. The average Bonchev–Trinajstić information content (AvgIpc) is 2.79. The monoisotopic (exact) mass is 403 g/mol. The van der Waals surface area contributed by atoms with Crippen LogP contribution in [0.2, 0.25) is 0 Å². The number of carboxylic acid groups (broad SMARTS) is 1. The van der Waals surface area contributed by atoms with E-state index in [1.165, 1.54) is 11.3 Å². The molecule has 1 saturated carbocycles. The number of ether oxygens (including phenoxy) is 1. The molecule has 7 heteroatoms. The quantitative estimate of drug-likeness (QED) is 0.706. The van der Waals surface area contributed by atoms with Crippen LogP contribution >= 0.6 is 27.3 Å². The summed E-state index contributed by atoms with van der Waals surface area (Å²) in [6.07, 6.45) is 2.54. The van der Waals surface area contributed by atoms with Gasteiger partial charge in [-0.2, -0.15) is 0 Å². The van der Waals surface area contributed by atoms with Gasteiger partial charge in [0.2, 0.25) is 5.91 Å². The summed E-state index contributed by atoms with van der Waals surface area (Å²) >= 11 is 4.67. The molecule has 0 atom stereocenters. The van der Waals surface area contributed by atoms with Crippen molar-refractivity contribution in [3.63, 3.8) is 0 Å². The lowest BCUT2D eigenvalue weighted by atomic mass is 9.82. The predicted molar refractivity (Wildman–Crippen MR) is 94.4 cm³/mol. The van der Waals surface area contributed by atoms with E-state index in [2.05, 4.69) is 22.9 Å². The second-order valence-corrected chi connectivity index (χ2v) is 8.76. The zero-order valence-corrected chi connectivity index (χ0v) is 15.9. The summed E-state index contributed by atoms with van der Waals surface area (Å²) in [7, 11) is 0. The van der Waals surface area contributed by atoms with Gasteiger partial charge >= 0.3 is 6.16 Å². The molecular formula is C16H22BrNO4S. The van der Waals surface area contributed by atoms with Crippen molar-refractivity contribution in [2.45, 2.75) is 52.5 Å².